The molecule has 0 spiro atoms. The van der Waals surface area contributed by atoms with E-state index in [0.717, 1.165) is 12.3 Å². The van der Waals surface area contributed by atoms with Crippen LogP contribution in [0.2, 0.25) is 0 Å². The molecule has 0 aromatic heterocycles. The first-order chi connectivity index (χ1) is 6.74. The predicted molar refractivity (Wildman–Crippen MR) is 67.5 cm³/mol. The minimum Gasteiger partial charge on any atom is -0.375 e. The molecule has 14 heavy (non-hydrogen) atoms. The zero-order chi connectivity index (χ0) is 10.4. The van der Waals surface area contributed by atoms with Crippen LogP contribution in [0.5, 0.6) is 0 Å². The molecule has 0 radical (unpaired) electrons. The first-order valence-electron chi connectivity index (χ1n) is 5.12. The van der Waals surface area contributed by atoms with Crippen LogP contribution in [0.25, 0.3) is 0 Å². The van der Waals surface area contributed by atoms with Crippen molar-refractivity contribution in [3.05, 3.63) is 29.8 Å². The molecule has 2 heteroatoms. The van der Waals surface area contributed by atoms with Crippen molar-refractivity contribution in [2.24, 2.45) is 0 Å². The van der Waals surface area contributed by atoms with Crippen molar-refractivity contribution in [3.8, 4) is 0 Å². The van der Waals surface area contributed by atoms with Crippen LogP contribution < -0.4 is 4.90 Å². The summed E-state index contributed by atoms with van der Waals surface area (Å²) in [5.41, 5.74) is 2.63. The van der Waals surface area contributed by atoms with Crippen molar-refractivity contribution in [2.45, 2.75) is 19.8 Å². The Morgan fingerprint density at radius 2 is 2.07 bits per heavy atom. The van der Waals surface area contributed by atoms with Crippen LogP contribution in [0.3, 0.4) is 0 Å². The quantitative estimate of drug-likeness (QED) is 0.576. The smallest absolute Gasteiger partial charge is 0.0366 e. The molecule has 0 saturated carbocycles. The van der Waals surface area contributed by atoms with Gasteiger partial charge in [-0.2, -0.15) is 12.6 Å². The number of thiol groups is 1. The lowest BCUT2D eigenvalue weighted by Gasteiger charge is -2.19. The molecule has 1 aromatic carbocycles. The molecule has 0 saturated heterocycles. The SMILES string of the molecule is Cc1cccc(N(C)CCCCS)c1. The highest BCUT2D eigenvalue weighted by molar-refractivity contribution is 7.80. The van der Waals surface area contributed by atoms with Gasteiger partial charge in [0.1, 0.15) is 0 Å². The Bertz CT molecular complexity index is 273. The van der Waals surface area contributed by atoms with E-state index in [4.69, 9.17) is 0 Å². The second kappa shape index (κ2) is 5.97. The zero-order valence-corrected chi connectivity index (χ0v) is 9.93. The maximum absolute atomic E-state index is 4.21. The van der Waals surface area contributed by atoms with Gasteiger partial charge in [-0.15, -0.1) is 0 Å². The fourth-order valence-corrected chi connectivity index (χ4v) is 1.68. The summed E-state index contributed by atoms with van der Waals surface area (Å²) in [4.78, 5) is 2.30. The van der Waals surface area contributed by atoms with E-state index < -0.39 is 0 Å². The summed E-state index contributed by atoms with van der Waals surface area (Å²) in [5, 5.41) is 0. The van der Waals surface area contributed by atoms with Crippen LogP contribution in [-0.4, -0.2) is 19.3 Å². The maximum Gasteiger partial charge on any atom is 0.0366 e. The molecule has 0 aliphatic carbocycles. The minimum atomic E-state index is 0.988. The lowest BCUT2D eigenvalue weighted by Crippen LogP contribution is -2.18. The van der Waals surface area contributed by atoms with Crippen molar-refractivity contribution in [1.82, 2.24) is 0 Å². The first kappa shape index (κ1) is 11.4. The molecule has 0 unspecified atom stereocenters. The maximum atomic E-state index is 4.21. The Labute approximate surface area is 92.5 Å². The second-order valence-electron chi connectivity index (χ2n) is 3.69. The molecule has 0 heterocycles. The molecule has 0 aliphatic heterocycles. The van der Waals surface area contributed by atoms with E-state index in [1.165, 1.54) is 24.1 Å². The van der Waals surface area contributed by atoms with Gasteiger partial charge in [0.15, 0.2) is 0 Å². The van der Waals surface area contributed by atoms with Crippen molar-refractivity contribution in [3.63, 3.8) is 0 Å². The third-order valence-electron chi connectivity index (χ3n) is 2.34. The Morgan fingerprint density at radius 3 is 2.71 bits per heavy atom. The van der Waals surface area contributed by atoms with Gasteiger partial charge >= 0.3 is 0 Å². The third kappa shape index (κ3) is 3.62. The lowest BCUT2D eigenvalue weighted by molar-refractivity contribution is 0.773. The van der Waals surface area contributed by atoms with Gasteiger partial charge in [-0.05, 0) is 43.2 Å². The van der Waals surface area contributed by atoms with Crippen molar-refractivity contribution >= 4 is 18.3 Å². The lowest BCUT2D eigenvalue weighted by atomic mass is 10.2. The van der Waals surface area contributed by atoms with Crippen LogP contribution in [-0.2, 0) is 0 Å². The molecule has 0 fully saturated rings. The van der Waals surface area contributed by atoms with E-state index >= 15 is 0 Å². The highest BCUT2D eigenvalue weighted by Crippen LogP contribution is 2.14. The monoisotopic (exact) mass is 209 g/mol. The number of unbranched alkanes of at least 4 members (excludes halogenated alkanes) is 1. The average Bonchev–Trinajstić information content (AvgIpc) is 2.18. The molecule has 1 rings (SSSR count). The molecule has 0 N–H and O–H groups in total. The van der Waals surface area contributed by atoms with Gasteiger partial charge in [-0.3, -0.25) is 0 Å². The summed E-state index contributed by atoms with van der Waals surface area (Å²) >= 11 is 4.21. The number of hydrogen-bond acceptors (Lipinski definition) is 2. The summed E-state index contributed by atoms with van der Waals surface area (Å²) < 4.78 is 0. The van der Waals surface area contributed by atoms with Gasteiger partial charge in [0.05, 0.1) is 0 Å². The Kier molecular flexibility index (Phi) is 4.88. The molecular weight excluding hydrogens is 190 g/mol. The summed E-state index contributed by atoms with van der Waals surface area (Å²) in [7, 11) is 2.15. The van der Waals surface area contributed by atoms with Crippen molar-refractivity contribution in [1.29, 1.82) is 0 Å². The van der Waals surface area contributed by atoms with Gasteiger partial charge in [-0.25, -0.2) is 0 Å². The van der Waals surface area contributed by atoms with Crippen molar-refractivity contribution in [2.75, 3.05) is 24.2 Å². The first-order valence-corrected chi connectivity index (χ1v) is 5.76. The normalized spacial score (nSPS) is 10.2. The number of aryl methyl sites for hydroxylation is 1. The highest BCUT2D eigenvalue weighted by atomic mass is 32.1. The minimum absolute atomic E-state index is 0.988. The predicted octanol–water partition coefficient (Wildman–Crippen LogP) is 3.14. The van der Waals surface area contributed by atoms with E-state index in [1.807, 2.05) is 0 Å². The van der Waals surface area contributed by atoms with Crippen LogP contribution in [0.4, 0.5) is 5.69 Å². The number of hydrogen-bond donors (Lipinski definition) is 1. The molecule has 1 nitrogen and oxygen atoms in total. The Hall–Kier alpha value is -0.630. The standard InChI is InChI=1S/C12H19NS/c1-11-6-5-7-12(10-11)13(2)8-3-4-9-14/h5-7,10,14H,3-4,8-9H2,1-2H3. The molecule has 0 aliphatic rings. The van der Waals surface area contributed by atoms with Gasteiger partial charge in [0.25, 0.3) is 0 Å². The van der Waals surface area contributed by atoms with Crippen LogP contribution in [0.15, 0.2) is 24.3 Å². The van der Waals surface area contributed by atoms with Gasteiger partial charge in [-0.1, -0.05) is 12.1 Å². The Morgan fingerprint density at radius 1 is 1.29 bits per heavy atom. The van der Waals surface area contributed by atoms with Gasteiger partial charge in [0, 0.05) is 19.3 Å². The second-order valence-corrected chi connectivity index (χ2v) is 4.14. The molecule has 1 aromatic rings. The largest absolute Gasteiger partial charge is 0.375 e. The van der Waals surface area contributed by atoms with Gasteiger partial charge in [0.2, 0.25) is 0 Å². The zero-order valence-electron chi connectivity index (χ0n) is 9.03. The van der Waals surface area contributed by atoms with Crippen LogP contribution in [0.1, 0.15) is 18.4 Å². The van der Waals surface area contributed by atoms with E-state index in [9.17, 15) is 0 Å². The number of nitrogens with zero attached hydrogens (tertiary/aromatic N) is 1. The van der Waals surface area contributed by atoms with E-state index in [1.54, 1.807) is 0 Å². The fourth-order valence-electron chi connectivity index (χ4n) is 1.46. The van der Waals surface area contributed by atoms with Gasteiger partial charge < -0.3 is 4.90 Å². The fraction of sp³-hybridized carbons (Fsp3) is 0.500. The third-order valence-corrected chi connectivity index (χ3v) is 2.66. The molecular formula is C12H19NS. The topological polar surface area (TPSA) is 3.24 Å². The summed E-state index contributed by atoms with van der Waals surface area (Å²) in [5.74, 6) is 0.988. The summed E-state index contributed by atoms with van der Waals surface area (Å²) in [6.07, 6.45) is 2.41. The molecule has 0 amide bonds. The summed E-state index contributed by atoms with van der Waals surface area (Å²) in [6, 6.07) is 8.62. The van der Waals surface area contributed by atoms with Crippen LogP contribution in [0, 0.1) is 6.92 Å². The van der Waals surface area contributed by atoms with E-state index in [2.05, 4.69) is 55.8 Å². The number of benzene rings is 1. The van der Waals surface area contributed by atoms with Crippen molar-refractivity contribution < 1.29 is 0 Å². The summed E-state index contributed by atoms with van der Waals surface area (Å²) in [6.45, 7) is 3.25. The van der Waals surface area contributed by atoms with E-state index in [-0.39, 0.29) is 0 Å². The Balaban J connectivity index is 2.47. The molecule has 0 bridgehead atoms. The van der Waals surface area contributed by atoms with Crippen LogP contribution >= 0.6 is 12.6 Å². The highest BCUT2D eigenvalue weighted by Gasteiger charge is 1.99. The van der Waals surface area contributed by atoms with E-state index in [0.29, 0.717) is 0 Å². The number of anilines is 1. The molecule has 78 valence electrons. The number of rotatable bonds is 5. The average molecular weight is 209 g/mol. The molecule has 0 atom stereocenters.